The van der Waals surface area contributed by atoms with Crippen LogP contribution in [0.4, 0.5) is 20.6 Å². The SMILES string of the molecule is COS(=O)(=O)CC1CN(c2ccc(N3CCOCC3)c(F)c2)C(=O)O1. The summed E-state index contributed by atoms with van der Waals surface area (Å²) in [6, 6.07) is 4.46. The molecule has 1 aromatic rings. The molecule has 2 aliphatic heterocycles. The molecule has 0 N–H and O–H groups in total. The Morgan fingerprint density at radius 3 is 2.68 bits per heavy atom. The third-order valence-corrected chi connectivity index (χ3v) is 5.40. The molecule has 0 aromatic heterocycles. The Labute approximate surface area is 145 Å². The van der Waals surface area contributed by atoms with Crippen LogP contribution in [0.25, 0.3) is 0 Å². The minimum atomic E-state index is -3.76. The van der Waals surface area contributed by atoms with Crippen LogP contribution in [0.1, 0.15) is 0 Å². The van der Waals surface area contributed by atoms with Gasteiger partial charge >= 0.3 is 6.09 Å². The van der Waals surface area contributed by atoms with E-state index in [1.54, 1.807) is 12.1 Å². The first kappa shape index (κ1) is 17.9. The van der Waals surface area contributed by atoms with Crippen molar-refractivity contribution in [2.45, 2.75) is 6.10 Å². The van der Waals surface area contributed by atoms with Gasteiger partial charge in [-0.15, -0.1) is 0 Å². The van der Waals surface area contributed by atoms with Gasteiger partial charge in [0, 0.05) is 13.1 Å². The summed E-state index contributed by atoms with van der Waals surface area (Å²) in [6.45, 7) is 2.28. The molecular formula is C15H19FN2O6S. The number of carbonyl (C=O) groups is 1. The number of amides is 1. The van der Waals surface area contributed by atoms with E-state index < -0.39 is 33.9 Å². The molecule has 10 heteroatoms. The number of anilines is 2. The van der Waals surface area contributed by atoms with E-state index in [2.05, 4.69) is 4.18 Å². The van der Waals surface area contributed by atoms with Crippen LogP contribution < -0.4 is 9.80 Å². The van der Waals surface area contributed by atoms with Crippen molar-refractivity contribution in [3.05, 3.63) is 24.0 Å². The van der Waals surface area contributed by atoms with Gasteiger partial charge in [-0.25, -0.2) is 9.18 Å². The second-order valence-electron chi connectivity index (χ2n) is 5.74. The Bertz CT molecular complexity index is 750. The molecule has 1 unspecified atom stereocenters. The van der Waals surface area contributed by atoms with Gasteiger partial charge in [0.25, 0.3) is 10.1 Å². The number of nitrogens with zero attached hydrogens (tertiary/aromatic N) is 2. The maximum absolute atomic E-state index is 14.5. The fourth-order valence-corrected chi connectivity index (χ4v) is 3.60. The Morgan fingerprint density at radius 1 is 1.32 bits per heavy atom. The fraction of sp³-hybridized carbons (Fsp3) is 0.533. The van der Waals surface area contributed by atoms with Crippen LogP contribution in [0.3, 0.4) is 0 Å². The number of rotatable bonds is 5. The van der Waals surface area contributed by atoms with Crippen LogP contribution in [0, 0.1) is 5.82 Å². The van der Waals surface area contributed by atoms with Gasteiger partial charge in [-0.2, -0.15) is 8.42 Å². The lowest BCUT2D eigenvalue weighted by Crippen LogP contribution is -2.36. The molecule has 0 saturated carbocycles. The lowest BCUT2D eigenvalue weighted by atomic mass is 10.2. The van der Waals surface area contributed by atoms with Crippen molar-refractivity contribution in [1.82, 2.24) is 0 Å². The van der Waals surface area contributed by atoms with Crippen LogP contribution in [-0.4, -0.2) is 66.3 Å². The van der Waals surface area contributed by atoms with Crippen molar-refractivity contribution in [1.29, 1.82) is 0 Å². The summed E-state index contributed by atoms with van der Waals surface area (Å²) in [6.07, 6.45) is -1.57. The average molecular weight is 374 g/mol. The standard InChI is InChI=1S/C15H19FN2O6S/c1-22-25(20,21)10-12-9-18(15(19)24-12)11-2-3-14(13(16)8-11)17-4-6-23-7-5-17/h2-3,8,12H,4-7,9-10H2,1H3. The molecular weight excluding hydrogens is 355 g/mol. The zero-order valence-electron chi connectivity index (χ0n) is 13.7. The molecule has 2 aliphatic rings. The molecule has 1 atom stereocenters. The smallest absolute Gasteiger partial charge is 0.414 e. The third kappa shape index (κ3) is 4.02. The number of hydrogen-bond donors (Lipinski definition) is 0. The van der Waals surface area contributed by atoms with Gasteiger partial charge in [-0.3, -0.25) is 9.08 Å². The molecule has 8 nitrogen and oxygen atoms in total. The number of ether oxygens (including phenoxy) is 2. The molecule has 25 heavy (non-hydrogen) atoms. The van der Waals surface area contributed by atoms with Crippen molar-refractivity contribution in [3.8, 4) is 0 Å². The minimum Gasteiger partial charge on any atom is -0.443 e. The molecule has 0 spiro atoms. The van der Waals surface area contributed by atoms with Gasteiger partial charge < -0.3 is 14.4 Å². The lowest BCUT2D eigenvalue weighted by Gasteiger charge is -2.29. The second kappa shape index (κ2) is 7.14. The number of cyclic esters (lactones) is 1. The summed E-state index contributed by atoms with van der Waals surface area (Å²) in [7, 11) is -2.71. The molecule has 0 bridgehead atoms. The van der Waals surface area contributed by atoms with E-state index in [-0.39, 0.29) is 6.54 Å². The van der Waals surface area contributed by atoms with E-state index in [1.165, 1.54) is 11.0 Å². The van der Waals surface area contributed by atoms with E-state index in [9.17, 15) is 17.6 Å². The number of hydrogen-bond acceptors (Lipinski definition) is 7. The number of carbonyl (C=O) groups excluding carboxylic acids is 1. The first-order chi connectivity index (χ1) is 11.9. The zero-order chi connectivity index (χ0) is 18.0. The summed E-state index contributed by atoms with van der Waals surface area (Å²) in [5, 5.41) is 0. The summed E-state index contributed by atoms with van der Waals surface area (Å²) in [5.74, 6) is -0.903. The van der Waals surface area contributed by atoms with Gasteiger partial charge in [0.1, 0.15) is 17.7 Å². The van der Waals surface area contributed by atoms with Gasteiger partial charge in [-0.05, 0) is 18.2 Å². The lowest BCUT2D eigenvalue weighted by molar-refractivity contribution is 0.122. The Kier molecular flexibility index (Phi) is 5.11. The van der Waals surface area contributed by atoms with E-state index in [0.29, 0.717) is 37.7 Å². The molecule has 138 valence electrons. The fourth-order valence-electron chi connectivity index (χ4n) is 2.84. The van der Waals surface area contributed by atoms with E-state index in [1.807, 2.05) is 4.90 Å². The number of benzene rings is 1. The summed E-state index contributed by atoms with van der Waals surface area (Å²) in [4.78, 5) is 15.1. The minimum absolute atomic E-state index is 0.0117. The monoisotopic (exact) mass is 374 g/mol. The van der Waals surface area contributed by atoms with E-state index in [4.69, 9.17) is 9.47 Å². The molecule has 2 heterocycles. The van der Waals surface area contributed by atoms with Crippen molar-refractivity contribution in [2.75, 3.05) is 55.5 Å². The highest BCUT2D eigenvalue weighted by molar-refractivity contribution is 7.86. The van der Waals surface area contributed by atoms with E-state index in [0.717, 1.165) is 7.11 Å². The highest BCUT2D eigenvalue weighted by Gasteiger charge is 2.35. The van der Waals surface area contributed by atoms with Crippen LogP contribution >= 0.6 is 0 Å². The predicted octanol–water partition coefficient (Wildman–Crippen LogP) is 0.964. The highest BCUT2D eigenvalue weighted by Crippen LogP contribution is 2.28. The summed E-state index contributed by atoms with van der Waals surface area (Å²) < 4.78 is 52.0. The van der Waals surface area contributed by atoms with Crippen LogP contribution in [0.15, 0.2) is 18.2 Å². The molecule has 1 amide bonds. The predicted molar refractivity (Wildman–Crippen MR) is 87.8 cm³/mol. The summed E-state index contributed by atoms with van der Waals surface area (Å²) >= 11 is 0. The average Bonchev–Trinajstić information content (AvgIpc) is 2.95. The molecule has 0 radical (unpaired) electrons. The Morgan fingerprint density at radius 2 is 2.04 bits per heavy atom. The Hall–Kier alpha value is -1.91. The largest absolute Gasteiger partial charge is 0.443 e. The van der Waals surface area contributed by atoms with Crippen molar-refractivity contribution < 1.29 is 31.3 Å². The number of halogens is 1. The first-order valence-electron chi connectivity index (χ1n) is 7.78. The molecule has 1 aromatic carbocycles. The molecule has 3 rings (SSSR count). The quantitative estimate of drug-likeness (QED) is 0.710. The van der Waals surface area contributed by atoms with Crippen LogP contribution in [0.5, 0.6) is 0 Å². The van der Waals surface area contributed by atoms with Crippen LogP contribution in [-0.2, 0) is 23.8 Å². The topological polar surface area (TPSA) is 85.4 Å². The number of morpholine rings is 1. The van der Waals surface area contributed by atoms with Gasteiger partial charge in [0.2, 0.25) is 0 Å². The first-order valence-corrected chi connectivity index (χ1v) is 9.36. The maximum atomic E-state index is 14.5. The normalized spacial score (nSPS) is 21.5. The van der Waals surface area contributed by atoms with Gasteiger partial charge in [-0.1, -0.05) is 0 Å². The van der Waals surface area contributed by atoms with Crippen molar-refractivity contribution in [2.24, 2.45) is 0 Å². The second-order valence-corrected chi connectivity index (χ2v) is 7.52. The van der Waals surface area contributed by atoms with Crippen LogP contribution in [0.2, 0.25) is 0 Å². The summed E-state index contributed by atoms with van der Waals surface area (Å²) in [5.41, 5.74) is 0.759. The van der Waals surface area contributed by atoms with Gasteiger partial charge in [0.05, 0.1) is 38.2 Å². The van der Waals surface area contributed by atoms with Gasteiger partial charge in [0.15, 0.2) is 0 Å². The molecule has 2 saturated heterocycles. The third-order valence-electron chi connectivity index (χ3n) is 4.11. The maximum Gasteiger partial charge on any atom is 0.414 e. The van der Waals surface area contributed by atoms with Crippen molar-refractivity contribution >= 4 is 27.6 Å². The Balaban J connectivity index is 1.73. The highest BCUT2D eigenvalue weighted by atomic mass is 32.2. The molecule has 0 aliphatic carbocycles. The molecule has 2 fully saturated rings. The van der Waals surface area contributed by atoms with Crippen molar-refractivity contribution in [3.63, 3.8) is 0 Å². The zero-order valence-corrected chi connectivity index (χ0v) is 14.5. The van der Waals surface area contributed by atoms with E-state index >= 15 is 0 Å².